The summed E-state index contributed by atoms with van der Waals surface area (Å²) in [6.45, 7) is 1.12. The summed E-state index contributed by atoms with van der Waals surface area (Å²) in [6, 6.07) is 7.36. The Kier molecular flexibility index (Phi) is 5.70. The molecule has 2 amide bonds. The van der Waals surface area contributed by atoms with Crippen molar-refractivity contribution in [2.75, 3.05) is 26.8 Å². The Morgan fingerprint density at radius 1 is 1.39 bits per heavy atom. The maximum Gasteiger partial charge on any atom is 0.330 e. The second-order valence-electron chi connectivity index (χ2n) is 5.42. The molecule has 1 saturated heterocycles. The van der Waals surface area contributed by atoms with Crippen molar-refractivity contribution in [3.8, 4) is 0 Å². The van der Waals surface area contributed by atoms with Crippen LogP contribution in [0.3, 0.4) is 0 Å². The largest absolute Gasteiger partial charge is 0.479 e. The SMILES string of the molecule is COCCN1CC(C(=O)NC(C(=O)O)c2ccccc2)CC1=O. The Morgan fingerprint density at radius 3 is 2.70 bits per heavy atom. The number of hydrogen-bond donors (Lipinski definition) is 2. The molecule has 23 heavy (non-hydrogen) atoms. The number of amides is 2. The van der Waals surface area contributed by atoms with Crippen molar-refractivity contribution in [2.45, 2.75) is 12.5 Å². The predicted octanol–water partition coefficient (Wildman–Crippen LogP) is 0.423. The number of carboxylic acids is 1. The van der Waals surface area contributed by atoms with Gasteiger partial charge in [-0.1, -0.05) is 30.3 Å². The first-order valence-corrected chi connectivity index (χ1v) is 7.37. The molecule has 0 aromatic heterocycles. The molecule has 7 nitrogen and oxygen atoms in total. The summed E-state index contributed by atoms with van der Waals surface area (Å²) in [5, 5.41) is 11.9. The van der Waals surface area contributed by atoms with E-state index in [1.54, 1.807) is 42.3 Å². The Balaban J connectivity index is 2.00. The molecule has 1 aromatic rings. The fraction of sp³-hybridized carbons (Fsp3) is 0.438. The van der Waals surface area contributed by atoms with Gasteiger partial charge in [0.05, 0.1) is 12.5 Å². The van der Waals surface area contributed by atoms with Gasteiger partial charge in [0.25, 0.3) is 0 Å². The van der Waals surface area contributed by atoms with Crippen molar-refractivity contribution < 1.29 is 24.2 Å². The van der Waals surface area contributed by atoms with Gasteiger partial charge in [-0.25, -0.2) is 4.79 Å². The fourth-order valence-electron chi connectivity index (χ4n) is 2.56. The molecular formula is C16H20N2O5. The number of carbonyl (C=O) groups is 3. The van der Waals surface area contributed by atoms with Crippen molar-refractivity contribution in [3.05, 3.63) is 35.9 Å². The highest BCUT2D eigenvalue weighted by molar-refractivity contribution is 5.91. The number of nitrogens with zero attached hydrogens (tertiary/aromatic N) is 1. The van der Waals surface area contributed by atoms with E-state index in [1.807, 2.05) is 0 Å². The lowest BCUT2D eigenvalue weighted by molar-refractivity contribution is -0.142. The van der Waals surface area contributed by atoms with Crippen LogP contribution in [0.25, 0.3) is 0 Å². The van der Waals surface area contributed by atoms with Crippen molar-refractivity contribution in [1.29, 1.82) is 0 Å². The fourth-order valence-corrected chi connectivity index (χ4v) is 2.56. The normalized spacial score (nSPS) is 18.7. The van der Waals surface area contributed by atoms with E-state index in [-0.39, 0.29) is 18.9 Å². The molecule has 1 aromatic carbocycles. The van der Waals surface area contributed by atoms with Crippen molar-refractivity contribution in [2.24, 2.45) is 5.92 Å². The predicted molar refractivity (Wildman–Crippen MR) is 81.5 cm³/mol. The Bertz CT molecular complexity index is 575. The number of methoxy groups -OCH3 is 1. The Morgan fingerprint density at radius 2 is 2.09 bits per heavy atom. The third-order valence-electron chi connectivity index (χ3n) is 3.82. The van der Waals surface area contributed by atoms with Crippen LogP contribution in [0.5, 0.6) is 0 Å². The molecule has 7 heteroatoms. The molecule has 1 fully saturated rings. The summed E-state index contributed by atoms with van der Waals surface area (Å²) in [5.41, 5.74) is 0.494. The van der Waals surface area contributed by atoms with E-state index in [0.717, 1.165) is 0 Å². The van der Waals surface area contributed by atoms with Gasteiger partial charge >= 0.3 is 5.97 Å². The number of hydrogen-bond acceptors (Lipinski definition) is 4. The van der Waals surface area contributed by atoms with Crippen LogP contribution in [0.2, 0.25) is 0 Å². The summed E-state index contributed by atoms with van der Waals surface area (Å²) in [7, 11) is 1.54. The second-order valence-corrected chi connectivity index (χ2v) is 5.42. The smallest absolute Gasteiger partial charge is 0.330 e. The lowest BCUT2D eigenvalue weighted by Crippen LogP contribution is -2.39. The van der Waals surface area contributed by atoms with Crippen LogP contribution in [0.1, 0.15) is 18.0 Å². The Hall–Kier alpha value is -2.41. The third-order valence-corrected chi connectivity index (χ3v) is 3.82. The number of rotatable bonds is 7. The zero-order valence-electron chi connectivity index (χ0n) is 12.9. The number of carboxylic acid groups (broad SMARTS) is 1. The van der Waals surface area contributed by atoms with E-state index in [0.29, 0.717) is 18.7 Å². The van der Waals surface area contributed by atoms with Gasteiger partial charge in [-0.15, -0.1) is 0 Å². The number of carbonyl (C=O) groups excluding carboxylic acids is 2. The van der Waals surface area contributed by atoms with Crippen LogP contribution in [0.4, 0.5) is 0 Å². The first-order valence-electron chi connectivity index (χ1n) is 7.37. The molecule has 0 bridgehead atoms. The summed E-state index contributed by atoms with van der Waals surface area (Å²) in [5.74, 6) is -2.21. The molecule has 2 rings (SSSR count). The number of benzene rings is 1. The zero-order valence-corrected chi connectivity index (χ0v) is 12.9. The van der Waals surface area contributed by atoms with Crippen LogP contribution in [-0.4, -0.2) is 54.6 Å². The maximum atomic E-state index is 12.3. The van der Waals surface area contributed by atoms with Gasteiger partial charge in [-0.05, 0) is 5.56 Å². The lowest BCUT2D eigenvalue weighted by atomic mass is 10.0. The van der Waals surface area contributed by atoms with Crippen LogP contribution < -0.4 is 5.32 Å². The number of likely N-dealkylation sites (tertiary alicyclic amines) is 1. The average molecular weight is 320 g/mol. The molecule has 124 valence electrons. The summed E-state index contributed by atoms with van der Waals surface area (Å²) >= 11 is 0. The quantitative estimate of drug-likeness (QED) is 0.759. The topological polar surface area (TPSA) is 95.9 Å². The van der Waals surface area contributed by atoms with Gasteiger partial charge in [-0.2, -0.15) is 0 Å². The number of ether oxygens (including phenoxy) is 1. The van der Waals surface area contributed by atoms with E-state index < -0.39 is 23.8 Å². The molecule has 1 heterocycles. The highest BCUT2D eigenvalue weighted by atomic mass is 16.5. The lowest BCUT2D eigenvalue weighted by Gasteiger charge is -2.18. The standard InChI is InChI=1S/C16H20N2O5/c1-23-8-7-18-10-12(9-13(18)19)15(20)17-14(16(21)22)11-5-3-2-4-6-11/h2-6,12,14H,7-10H2,1H3,(H,17,20)(H,21,22). The number of aliphatic carboxylic acids is 1. The van der Waals surface area contributed by atoms with Gasteiger partial charge in [0.1, 0.15) is 0 Å². The first-order chi connectivity index (χ1) is 11.0. The molecule has 0 spiro atoms. The second kappa shape index (κ2) is 7.73. The van der Waals surface area contributed by atoms with E-state index in [4.69, 9.17) is 4.74 Å². The van der Waals surface area contributed by atoms with Crippen LogP contribution in [0, 0.1) is 5.92 Å². The summed E-state index contributed by atoms with van der Waals surface area (Å²) < 4.78 is 4.93. The van der Waals surface area contributed by atoms with Gasteiger partial charge < -0.3 is 20.1 Å². The van der Waals surface area contributed by atoms with Gasteiger partial charge in [0, 0.05) is 26.6 Å². The maximum absolute atomic E-state index is 12.3. The minimum atomic E-state index is -1.13. The average Bonchev–Trinajstić information content (AvgIpc) is 2.92. The minimum Gasteiger partial charge on any atom is -0.479 e. The van der Waals surface area contributed by atoms with Crippen LogP contribution in [-0.2, 0) is 19.1 Å². The minimum absolute atomic E-state index is 0.0939. The molecule has 2 N–H and O–H groups in total. The van der Waals surface area contributed by atoms with Gasteiger partial charge in [-0.3, -0.25) is 9.59 Å². The van der Waals surface area contributed by atoms with E-state index in [2.05, 4.69) is 5.32 Å². The van der Waals surface area contributed by atoms with E-state index in [9.17, 15) is 19.5 Å². The Labute approximate surface area is 134 Å². The molecular weight excluding hydrogens is 300 g/mol. The van der Waals surface area contributed by atoms with E-state index >= 15 is 0 Å². The van der Waals surface area contributed by atoms with Crippen molar-refractivity contribution >= 4 is 17.8 Å². The molecule has 2 unspecified atom stereocenters. The molecule has 1 aliphatic rings. The monoisotopic (exact) mass is 320 g/mol. The van der Waals surface area contributed by atoms with E-state index in [1.165, 1.54) is 0 Å². The highest BCUT2D eigenvalue weighted by Gasteiger charge is 2.35. The van der Waals surface area contributed by atoms with Crippen molar-refractivity contribution in [1.82, 2.24) is 10.2 Å². The first kappa shape index (κ1) is 17.0. The van der Waals surface area contributed by atoms with Crippen LogP contribution in [0.15, 0.2) is 30.3 Å². The van der Waals surface area contributed by atoms with Gasteiger partial charge in [0.2, 0.25) is 11.8 Å². The zero-order chi connectivity index (χ0) is 16.8. The van der Waals surface area contributed by atoms with Crippen molar-refractivity contribution in [3.63, 3.8) is 0 Å². The third kappa shape index (κ3) is 4.29. The van der Waals surface area contributed by atoms with Crippen LogP contribution >= 0.6 is 0 Å². The summed E-state index contributed by atoms with van der Waals surface area (Å²) in [6.07, 6.45) is 0.0939. The summed E-state index contributed by atoms with van der Waals surface area (Å²) in [4.78, 5) is 37.1. The molecule has 0 radical (unpaired) electrons. The van der Waals surface area contributed by atoms with Gasteiger partial charge in [0.15, 0.2) is 6.04 Å². The molecule has 2 atom stereocenters. The number of nitrogens with one attached hydrogen (secondary N) is 1. The molecule has 1 aliphatic heterocycles. The highest BCUT2D eigenvalue weighted by Crippen LogP contribution is 2.20. The molecule has 0 aliphatic carbocycles. The molecule has 0 saturated carbocycles.